The number of carbonyl (C=O) groups excluding carboxylic acids is 2. The Morgan fingerprint density at radius 3 is 2.08 bits per heavy atom. The van der Waals surface area contributed by atoms with Gasteiger partial charge in [0.2, 0.25) is 11.7 Å². The summed E-state index contributed by atoms with van der Waals surface area (Å²) in [6.45, 7) is 0.574. The van der Waals surface area contributed by atoms with Gasteiger partial charge in [-0.3, -0.25) is 9.59 Å². The SMILES string of the molecule is COC(=O)CCCCCNC(=O)Cc1cc(OC)c(OC)c(OC)c1. The minimum Gasteiger partial charge on any atom is -0.493 e. The molecule has 0 fully saturated rings. The highest BCUT2D eigenvalue weighted by molar-refractivity contribution is 5.79. The van der Waals surface area contributed by atoms with Crippen molar-refractivity contribution in [2.75, 3.05) is 35.0 Å². The molecule has 0 aromatic heterocycles. The molecule has 0 aliphatic rings. The van der Waals surface area contributed by atoms with Crippen LogP contribution >= 0.6 is 0 Å². The number of hydrogen-bond acceptors (Lipinski definition) is 6. The van der Waals surface area contributed by atoms with Crippen LogP contribution in [0.15, 0.2) is 12.1 Å². The lowest BCUT2D eigenvalue weighted by Crippen LogP contribution is -2.26. The van der Waals surface area contributed by atoms with Gasteiger partial charge in [0.15, 0.2) is 11.5 Å². The molecule has 0 aliphatic heterocycles. The third kappa shape index (κ3) is 6.91. The van der Waals surface area contributed by atoms with Gasteiger partial charge < -0.3 is 24.3 Å². The monoisotopic (exact) mass is 353 g/mol. The number of esters is 1. The number of nitrogens with one attached hydrogen (secondary N) is 1. The van der Waals surface area contributed by atoms with Gasteiger partial charge in [-0.25, -0.2) is 0 Å². The van der Waals surface area contributed by atoms with Crippen molar-refractivity contribution in [1.29, 1.82) is 0 Å². The van der Waals surface area contributed by atoms with Crippen molar-refractivity contribution in [1.82, 2.24) is 5.32 Å². The molecule has 1 N–H and O–H groups in total. The van der Waals surface area contributed by atoms with Crippen molar-refractivity contribution in [3.63, 3.8) is 0 Å². The van der Waals surface area contributed by atoms with Crippen LogP contribution in [0.3, 0.4) is 0 Å². The zero-order valence-corrected chi connectivity index (χ0v) is 15.3. The van der Waals surface area contributed by atoms with Crippen LogP contribution in [0.4, 0.5) is 0 Å². The first-order valence-electron chi connectivity index (χ1n) is 8.18. The average Bonchev–Trinajstić information content (AvgIpc) is 2.63. The van der Waals surface area contributed by atoms with E-state index in [1.165, 1.54) is 28.4 Å². The minimum absolute atomic E-state index is 0.0813. The highest BCUT2D eigenvalue weighted by Crippen LogP contribution is 2.38. The van der Waals surface area contributed by atoms with E-state index >= 15 is 0 Å². The summed E-state index contributed by atoms with van der Waals surface area (Å²) in [5, 5.41) is 2.87. The summed E-state index contributed by atoms with van der Waals surface area (Å²) in [4.78, 5) is 23.0. The molecule has 0 unspecified atom stereocenters. The number of methoxy groups -OCH3 is 4. The number of carbonyl (C=O) groups is 2. The molecule has 0 atom stereocenters. The molecule has 7 nitrogen and oxygen atoms in total. The van der Waals surface area contributed by atoms with Crippen LogP contribution in [-0.2, 0) is 20.7 Å². The van der Waals surface area contributed by atoms with Gasteiger partial charge in [0, 0.05) is 13.0 Å². The van der Waals surface area contributed by atoms with Gasteiger partial charge in [0.25, 0.3) is 0 Å². The van der Waals surface area contributed by atoms with E-state index in [0.29, 0.717) is 30.2 Å². The van der Waals surface area contributed by atoms with Gasteiger partial charge in [-0.1, -0.05) is 6.42 Å². The molecule has 25 heavy (non-hydrogen) atoms. The standard InChI is InChI=1S/C18H27NO6/c1-22-14-10-13(11-15(23-2)18(14)25-4)12-16(20)19-9-7-5-6-8-17(21)24-3/h10-11H,5-9,12H2,1-4H3,(H,19,20). The van der Waals surface area contributed by atoms with Crippen molar-refractivity contribution in [2.45, 2.75) is 32.1 Å². The second-order valence-corrected chi connectivity index (χ2v) is 5.45. The normalized spacial score (nSPS) is 10.1. The van der Waals surface area contributed by atoms with E-state index in [4.69, 9.17) is 14.2 Å². The van der Waals surface area contributed by atoms with Gasteiger partial charge in [-0.05, 0) is 30.5 Å². The fraction of sp³-hybridized carbons (Fsp3) is 0.556. The summed E-state index contributed by atoms with van der Waals surface area (Å²) in [5.74, 6) is 1.26. The van der Waals surface area contributed by atoms with Crippen LogP contribution in [0, 0.1) is 0 Å². The first-order valence-corrected chi connectivity index (χ1v) is 8.18. The molecular weight excluding hydrogens is 326 g/mol. The van der Waals surface area contributed by atoms with Crippen molar-refractivity contribution in [3.8, 4) is 17.2 Å². The molecule has 1 amide bonds. The fourth-order valence-corrected chi connectivity index (χ4v) is 2.39. The van der Waals surface area contributed by atoms with E-state index in [0.717, 1.165) is 24.8 Å². The van der Waals surface area contributed by atoms with Crippen LogP contribution in [0.2, 0.25) is 0 Å². The Kier molecular flexibility index (Phi) is 9.21. The van der Waals surface area contributed by atoms with Gasteiger partial charge in [-0.2, -0.15) is 0 Å². The molecule has 0 spiro atoms. The molecule has 0 heterocycles. The van der Waals surface area contributed by atoms with E-state index in [9.17, 15) is 9.59 Å². The average molecular weight is 353 g/mol. The van der Waals surface area contributed by atoms with Crippen molar-refractivity contribution >= 4 is 11.9 Å². The van der Waals surface area contributed by atoms with E-state index in [2.05, 4.69) is 10.1 Å². The van der Waals surface area contributed by atoms with Gasteiger partial charge >= 0.3 is 5.97 Å². The smallest absolute Gasteiger partial charge is 0.305 e. The lowest BCUT2D eigenvalue weighted by Gasteiger charge is -2.14. The first-order chi connectivity index (χ1) is 12.0. The highest BCUT2D eigenvalue weighted by atomic mass is 16.5. The molecule has 0 aliphatic carbocycles. The largest absolute Gasteiger partial charge is 0.493 e. The third-order valence-corrected chi connectivity index (χ3v) is 3.70. The number of benzene rings is 1. The highest BCUT2D eigenvalue weighted by Gasteiger charge is 2.14. The summed E-state index contributed by atoms with van der Waals surface area (Å²) in [7, 11) is 5.99. The minimum atomic E-state index is -0.202. The Balaban J connectivity index is 2.45. The number of ether oxygens (including phenoxy) is 4. The van der Waals surface area contributed by atoms with E-state index in [1.54, 1.807) is 12.1 Å². The van der Waals surface area contributed by atoms with Gasteiger partial charge in [0.05, 0.1) is 34.9 Å². The Morgan fingerprint density at radius 2 is 1.56 bits per heavy atom. The van der Waals surface area contributed by atoms with E-state index in [1.807, 2.05) is 0 Å². The van der Waals surface area contributed by atoms with Gasteiger partial charge in [0.1, 0.15) is 0 Å². The van der Waals surface area contributed by atoms with Crippen molar-refractivity contribution in [2.24, 2.45) is 0 Å². The molecule has 0 radical (unpaired) electrons. The fourth-order valence-electron chi connectivity index (χ4n) is 2.39. The maximum absolute atomic E-state index is 12.1. The summed E-state index contributed by atoms with van der Waals surface area (Å²) in [6, 6.07) is 3.52. The quantitative estimate of drug-likeness (QED) is 0.485. The summed E-state index contributed by atoms with van der Waals surface area (Å²) >= 11 is 0. The maximum atomic E-state index is 12.1. The molecule has 0 saturated heterocycles. The van der Waals surface area contributed by atoms with Crippen LogP contribution in [0.1, 0.15) is 31.2 Å². The molecule has 140 valence electrons. The van der Waals surface area contributed by atoms with Crippen molar-refractivity contribution in [3.05, 3.63) is 17.7 Å². The predicted octanol–water partition coefficient (Wildman–Crippen LogP) is 2.10. The third-order valence-electron chi connectivity index (χ3n) is 3.70. The van der Waals surface area contributed by atoms with Crippen molar-refractivity contribution < 1.29 is 28.5 Å². The lowest BCUT2D eigenvalue weighted by molar-refractivity contribution is -0.140. The van der Waals surface area contributed by atoms with Crippen LogP contribution in [-0.4, -0.2) is 46.9 Å². The second kappa shape index (κ2) is 11.2. The topological polar surface area (TPSA) is 83.1 Å². The molecule has 1 aromatic rings. The summed E-state index contributed by atoms with van der Waals surface area (Å²) in [6.07, 6.45) is 3.07. The molecule has 0 bridgehead atoms. The summed E-state index contributed by atoms with van der Waals surface area (Å²) in [5.41, 5.74) is 0.776. The Labute approximate surface area is 148 Å². The molecule has 0 saturated carbocycles. The summed E-state index contributed by atoms with van der Waals surface area (Å²) < 4.78 is 20.4. The van der Waals surface area contributed by atoms with Gasteiger partial charge in [-0.15, -0.1) is 0 Å². The van der Waals surface area contributed by atoms with E-state index in [-0.39, 0.29) is 18.3 Å². The first kappa shape index (κ1) is 20.6. The molecular formula is C18H27NO6. The Morgan fingerprint density at radius 1 is 0.920 bits per heavy atom. The number of rotatable bonds is 11. The Bertz CT molecular complexity index is 548. The van der Waals surface area contributed by atoms with Crippen LogP contribution < -0.4 is 19.5 Å². The number of unbranched alkanes of at least 4 members (excludes halogenated alkanes) is 2. The van der Waals surface area contributed by atoms with Crippen LogP contribution in [0.25, 0.3) is 0 Å². The second-order valence-electron chi connectivity index (χ2n) is 5.45. The maximum Gasteiger partial charge on any atom is 0.305 e. The molecule has 1 rings (SSSR count). The molecule has 1 aromatic carbocycles. The zero-order valence-electron chi connectivity index (χ0n) is 15.3. The predicted molar refractivity (Wildman–Crippen MR) is 93.3 cm³/mol. The number of amides is 1. The molecule has 7 heteroatoms. The number of hydrogen-bond donors (Lipinski definition) is 1. The lowest BCUT2D eigenvalue weighted by atomic mass is 10.1. The Hall–Kier alpha value is -2.44. The van der Waals surface area contributed by atoms with E-state index < -0.39 is 0 Å². The van der Waals surface area contributed by atoms with Crippen LogP contribution in [0.5, 0.6) is 17.2 Å². The zero-order chi connectivity index (χ0) is 18.7.